The van der Waals surface area contributed by atoms with Crippen LogP contribution in [0.5, 0.6) is 5.75 Å². The van der Waals surface area contributed by atoms with Gasteiger partial charge in [0.2, 0.25) is 5.91 Å². The van der Waals surface area contributed by atoms with Crippen LogP contribution in [0.1, 0.15) is 5.56 Å². The van der Waals surface area contributed by atoms with Crippen molar-refractivity contribution in [3.63, 3.8) is 0 Å². The van der Waals surface area contributed by atoms with Gasteiger partial charge in [-0.25, -0.2) is 0 Å². The number of carbonyl (C=O) groups excluding carboxylic acids is 1. The first-order valence-electron chi connectivity index (χ1n) is 5.96. The molecule has 20 heavy (non-hydrogen) atoms. The van der Waals surface area contributed by atoms with E-state index in [0.717, 1.165) is 5.56 Å². The normalized spacial score (nSPS) is 9.75. The van der Waals surface area contributed by atoms with Crippen LogP contribution in [-0.2, 0) is 16.1 Å². The number of halogens is 2. The van der Waals surface area contributed by atoms with E-state index < -0.39 is 0 Å². The van der Waals surface area contributed by atoms with Gasteiger partial charge < -0.3 is 20.1 Å². The van der Waals surface area contributed by atoms with Gasteiger partial charge in [0, 0.05) is 30.8 Å². The monoisotopic (exact) mass is 322 g/mol. The van der Waals surface area contributed by atoms with Gasteiger partial charge in [-0.3, -0.25) is 4.79 Å². The van der Waals surface area contributed by atoms with Gasteiger partial charge in [0.1, 0.15) is 5.75 Å². The molecule has 0 heterocycles. The summed E-state index contributed by atoms with van der Waals surface area (Å²) >= 11 is 6.07. The Morgan fingerprint density at radius 3 is 2.75 bits per heavy atom. The molecule has 0 aliphatic heterocycles. The van der Waals surface area contributed by atoms with Crippen LogP contribution in [0.15, 0.2) is 18.2 Å². The molecule has 0 aliphatic carbocycles. The number of rotatable bonds is 8. The standard InChI is InChI=1S/C13H19ClN2O3.ClH/c1-18-7-6-15-9-13(17)16-8-10-11(14)4-3-5-12(10)19-2;/h3-5,15H,6-9H2,1-2H3,(H,16,17);1H. The maximum atomic E-state index is 11.6. The van der Waals surface area contributed by atoms with Crippen molar-refractivity contribution in [2.45, 2.75) is 6.54 Å². The van der Waals surface area contributed by atoms with Crippen molar-refractivity contribution in [3.05, 3.63) is 28.8 Å². The lowest BCUT2D eigenvalue weighted by Crippen LogP contribution is -2.34. The van der Waals surface area contributed by atoms with Crippen molar-refractivity contribution in [3.8, 4) is 5.75 Å². The largest absolute Gasteiger partial charge is 0.496 e. The molecule has 0 spiro atoms. The van der Waals surface area contributed by atoms with Crippen LogP contribution in [-0.4, -0.2) is 39.8 Å². The fourth-order valence-electron chi connectivity index (χ4n) is 1.53. The lowest BCUT2D eigenvalue weighted by Gasteiger charge is -2.11. The van der Waals surface area contributed by atoms with Gasteiger partial charge in [0.25, 0.3) is 0 Å². The maximum absolute atomic E-state index is 11.6. The zero-order chi connectivity index (χ0) is 14.1. The smallest absolute Gasteiger partial charge is 0.234 e. The molecule has 0 radical (unpaired) electrons. The van der Waals surface area contributed by atoms with E-state index in [0.29, 0.717) is 30.5 Å². The topological polar surface area (TPSA) is 59.6 Å². The molecule has 2 N–H and O–H groups in total. The Labute approximate surface area is 130 Å². The Kier molecular flexibility index (Phi) is 10.2. The van der Waals surface area contributed by atoms with Crippen LogP contribution in [0.3, 0.4) is 0 Å². The predicted octanol–water partition coefficient (Wildman–Crippen LogP) is 1.62. The number of amides is 1. The van der Waals surface area contributed by atoms with Gasteiger partial charge in [-0.2, -0.15) is 0 Å². The number of carbonyl (C=O) groups is 1. The highest BCUT2D eigenvalue weighted by molar-refractivity contribution is 6.31. The van der Waals surface area contributed by atoms with Crippen molar-refractivity contribution in [1.29, 1.82) is 0 Å². The summed E-state index contributed by atoms with van der Waals surface area (Å²) in [5.74, 6) is 0.568. The first kappa shape index (κ1) is 19.0. The maximum Gasteiger partial charge on any atom is 0.234 e. The molecular formula is C13H20Cl2N2O3. The summed E-state index contributed by atoms with van der Waals surface area (Å²) in [5.41, 5.74) is 0.775. The third kappa shape index (κ3) is 6.43. The zero-order valence-electron chi connectivity index (χ0n) is 11.6. The Morgan fingerprint density at radius 1 is 1.35 bits per heavy atom. The summed E-state index contributed by atoms with van der Waals surface area (Å²) in [4.78, 5) is 11.6. The zero-order valence-corrected chi connectivity index (χ0v) is 13.1. The fourth-order valence-corrected chi connectivity index (χ4v) is 1.76. The van der Waals surface area contributed by atoms with Crippen LogP contribution in [0.2, 0.25) is 5.02 Å². The minimum absolute atomic E-state index is 0. The Bertz CT molecular complexity index is 417. The van der Waals surface area contributed by atoms with E-state index in [2.05, 4.69) is 10.6 Å². The molecule has 0 aliphatic rings. The fraction of sp³-hybridized carbons (Fsp3) is 0.462. The summed E-state index contributed by atoms with van der Waals surface area (Å²) in [7, 11) is 3.19. The quantitative estimate of drug-likeness (QED) is 0.714. The van der Waals surface area contributed by atoms with E-state index in [1.54, 1.807) is 26.4 Å². The van der Waals surface area contributed by atoms with E-state index in [1.165, 1.54) is 0 Å². The van der Waals surface area contributed by atoms with Gasteiger partial charge in [-0.1, -0.05) is 17.7 Å². The number of ether oxygens (including phenoxy) is 2. The molecule has 0 unspecified atom stereocenters. The minimum Gasteiger partial charge on any atom is -0.496 e. The molecule has 1 aromatic rings. The molecule has 5 nitrogen and oxygen atoms in total. The molecule has 1 aromatic carbocycles. The van der Waals surface area contributed by atoms with Crippen LogP contribution in [0, 0.1) is 0 Å². The summed E-state index contributed by atoms with van der Waals surface area (Å²) in [6, 6.07) is 5.38. The van der Waals surface area contributed by atoms with Crippen LogP contribution < -0.4 is 15.4 Å². The third-order valence-corrected chi connectivity index (χ3v) is 2.88. The molecule has 1 rings (SSSR count). The lowest BCUT2D eigenvalue weighted by atomic mass is 10.2. The Balaban J connectivity index is 0.00000361. The molecule has 0 atom stereocenters. The number of methoxy groups -OCH3 is 2. The summed E-state index contributed by atoms with van der Waals surface area (Å²) in [6.07, 6.45) is 0. The Morgan fingerprint density at radius 2 is 2.10 bits per heavy atom. The Hall–Kier alpha value is -1.01. The first-order valence-corrected chi connectivity index (χ1v) is 6.34. The molecule has 0 saturated heterocycles. The van der Waals surface area contributed by atoms with E-state index in [1.807, 2.05) is 6.07 Å². The molecule has 1 amide bonds. The van der Waals surface area contributed by atoms with Crippen molar-refractivity contribution in [2.24, 2.45) is 0 Å². The third-order valence-electron chi connectivity index (χ3n) is 2.53. The van der Waals surface area contributed by atoms with Gasteiger partial charge >= 0.3 is 0 Å². The average Bonchev–Trinajstić information content (AvgIpc) is 2.42. The van der Waals surface area contributed by atoms with E-state index >= 15 is 0 Å². The summed E-state index contributed by atoms with van der Waals surface area (Å²) in [5, 5.41) is 6.32. The van der Waals surface area contributed by atoms with E-state index in [9.17, 15) is 4.79 Å². The molecule has 0 fully saturated rings. The molecular weight excluding hydrogens is 303 g/mol. The van der Waals surface area contributed by atoms with Crippen molar-refractivity contribution in [2.75, 3.05) is 33.9 Å². The molecule has 114 valence electrons. The minimum atomic E-state index is -0.0990. The van der Waals surface area contributed by atoms with Crippen LogP contribution in [0.25, 0.3) is 0 Å². The second-order valence-electron chi connectivity index (χ2n) is 3.87. The number of hydrogen-bond acceptors (Lipinski definition) is 4. The number of hydrogen-bond donors (Lipinski definition) is 2. The number of nitrogens with one attached hydrogen (secondary N) is 2. The van der Waals surface area contributed by atoms with Gasteiger partial charge in [-0.05, 0) is 12.1 Å². The highest BCUT2D eigenvalue weighted by Gasteiger charge is 2.08. The van der Waals surface area contributed by atoms with Gasteiger partial charge in [0.05, 0.1) is 20.3 Å². The second-order valence-corrected chi connectivity index (χ2v) is 4.27. The van der Waals surface area contributed by atoms with Crippen LogP contribution >= 0.6 is 24.0 Å². The molecule has 7 heteroatoms. The van der Waals surface area contributed by atoms with Crippen molar-refractivity contribution < 1.29 is 14.3 Å². The second kappa shape index (κ2) is 10.7. The van der Waals surface area contributed by atoms with E-state index in [-0.39, 0.29) is 24.9 Å². The molecule has 0 bridgehead atoms. The summed E-state index contributed by atoms with van der Waals surface area (Å²) in [6.45, 7) is 1.80. The predicted molar refractivity (Wildman–Crippen MR) is 81.8 cm³/mol. The SMILES string of the molecule is COCCNCC(=O)NCc1c(Cl)cccc1OC.Cl. The van der Waals surface area contributed by atoms with E-state index in [4.69, 9.17) is 21.1 Å². The number of benzene rings is 1. The van der Waals surface area contributed by atoms with Gasteiger partial charge in [-0.15, -0.1) is 12.4 Å². The van der Waals surface area contributed by atoms with Crippen molar-refractivity contribution in [1.82, 2.24) is 10.6 Å². The lowest BCUT2D eigenvalue weighted by molar-refractivity contribution is -0.120. The van der Waals surface area contributed by atoms with Crippen molar-refractivity contribution >= 4 is 29.9 Å². The average molecular weight is 323 g/mol. The highest BCUT2D eigenvalue weighted by atomic mass is 35.5. The first-order chi connectivity index (χ1) is 9.19. The molecule has 0 saturated carbocycles. The van der Waals surface area contributed by atoms with Crippen LogP contribution in [0.4, 0.5) is 0 Å². The summed E-state index contributed by atoms with van der Waals surface area (Å²) < 4.78 is 10.1. The highest BCUT2D eigenvalue weighted by Crippen LogP contribution is 2.25. The molecule has 0 aromatic heterocycles. The van der Waals surface area contributed by atoms with Gasteiger partial charge in [0.15, 0.2) is 0 Å².